The molecule has 0 bridgehead atoms. The lowest BCUT2D eigenvalue weighted by atomic mass is 10.3. The molecule has 6 heteroatoms. The first-order chi connectivity index (χ1) is 10.3. The summed E-state index contributed by atoms with van der Waals surface area (Å²) >= 11 is 0. The number of hydrogen-bond donors (Lipinski definition) is 2. The summed E-state index contributed by atoms with van der Waals surface area (Å²) in [5.74, 6) is 2.23. The number of imidazole rings is 1. The van der Waals surface area contributed by atoms with Crippen molar-refractivity contribution in [2.75, 3.05) is 24.3 Å². The van der Waals surface area contributed by atoms with Crippen LogP contribution < -0.4 is 15.4 Å². The molecule has 0 fully saturated rings. The molecule has 2 N–H and O–H groups in total. The molecule has 0 saturated heterocycles. The molecule has 0 unspecified atom stereocenters. The number of nitrogens with one attached hydrogen (secondary N) is 2. The Morgan fingerprint density at radius 1 is 1.29 bits per heavy atom. The van der Waals surface area contributed by atoms with Gasteiger partial charge in [-0.3, -0.25) is 0 Å². The minimum Gasteiger partial charge on any atom is -0.492 e. The van der Waals surface area contributed by atoms with Crippen LogP contribution in [0.15, 0.2) is 42.9 Å². The number of rotatable bonds is 5. The molecule has 0 aliphatic carbocycles. The van der Waals surface area contributed by atoms with Gasteiger partial charge < -0.3 is 19.8 Å². The molecule has 6 nitrogen and oxygen atoms in total. The first kappa shape index (κ1) is 13.2. The highest BCUT2D eigenvalue weighted by Crippen LogP contribution is 2.28. The standard InChI is InChI=1S/C15H17N5O/c1-3-21-12-7-5-4-6-11(12)18-14-15-17-8-9-20(15)10-13(16-2)19-14/h4-10,16H,3H2,1-2H3,(H,18,19). The van der Waals surface area contributed by atoms with E-state index in [1.54, 1.807) is 6.20 Å². The zero-order valence-electron chi connectivity index (χ0n) is 12.0. The van der Waals surface area contributed by atoms with Gasteiger partial charge in [-0.2, -0.15) is 0 Å². The van der Waals surface area contributed by atoms with Crippen molar-refractivity contribution < 1.29 is 4.74 Å². The third-order valence-electron chi connectivity index (χ3n) is 3.07. The number of hydrogen-bond acceptors (Lipinski definition) is 5. The second-order valence-corrected chi connectivity index (χ2v) is 4.44. The molecular weight excluding hydrogens is 266 g/mol. The monoisotopic (exact) mass is 283 g/mol. The summed E-state index contributed by atoms with van der Waals surface area (Å²) in [6.45, 7) is 2.57. The summed E-state index contributed by atoms with van der Waals surface area (Å²) in [5.41, 5.74) is 1.63. The predicted octanol–water partition coefficient (Wildman–Crippen LogP) is 2.91. The highest BCUT2D eigenvalue weighted by molar-refractivity contribution is 5.74. The molecule has 0 aliphatic rings. The van der Waals surface area contributed by atoms with Crippen LogP contribution in [-0.2, 0) is 0 Å². The molecule has 0 saturated carbocycles. The zero-order chi connectivity index (χ0) is 14.7. The van der Waals surface area contributed by atoms with Gasteiger partial charge >= 0.3 is 0 Å². The summed E-state index contributed by atoms with van der Waals surface area (Å²) in [7, 11) is 1.84. The topological polar surface area (TPSA) is 63.5 Å². The Bertz CT molecular complexity index is 753. The molecular formula is C15H17N5O. The van der Waals surface area contributed by atoms with E-state index in [1.165, 1.54) is 0 Å². The molecule has 3 rings (SSSR count). The number of anilines is 3. The van der Waals surface area contributed by atoms with E-state index < -0.39 is 0 Å². The predicted molar refractivity (Wildman–Crippen MR) is 83.4 cm³/mol. The molecule has 0 atom stereocenters. The summed E-state index contributed by atoms with van der Waals surface area (Å²) in [6.07, 6.45) is 5.52. The van der Waals surface area contributed by atoms with Crippen LogP contribution in [-0.4, -0.2) is 28.0 Å². The van der Waals surface area contributed by atoms with Crippen LogP contribution in [0, 0.1) is 0 Å². The average Bonchev–Trinajstić information content (AvgIpc) is 2.98. The van der Waals surface area contributed by atoms with Gasteiger partial charge in [0.25, 0.3) is 0 Å². The molecule has 0 spiro atoms. The van der Waals surface area contributed by atoms with E-state index in [1.807, 2.05) is 55.0 Å². The van der Waals surface area contributed by atoms with Gasteiger partial charge in [-0.05, 0) is 19.1 Å². The molecule has 2 heterocycles. The third-order valence-corrected chi connectivity index (χ3v) is 3.07. The second kappa shape index (κ2) is 5.70. The first-order valence-corrected chi connectivity index (χ1v) is 6.82. The summed E-state index contributed by atoms with van der Waals surface area (Å²) in [4.78, 5) is 8.86. The van der Waals surface area contributed by atoms with Crippen LogP contribution in [0.5, 0.6) is 5.75 Å². The normalized spacial score (nSPS) is 10.6. The molecule has 1 aromatic carbocycles. The van der Waals surface area contributed by atoms with Crippen LogP contribution in [0.1, 0.15) is 6.92 Å². The van der Waals surface area contributed by atoms with Crippen molar-refractivity contribution in [3.63, 3.8) is 0 Å². The minimum atomic E-state index is 0.613. The van der Waals surface area contributed by atoms with Crippen LogP contribution in [0.2, 0.25) is 0 Å². The Balaban J connectivity index is 2.03. The van der Waals surface area contributed by atoms with Crippen LogP contribution in [0.4, 0.5) is 17.3 Å². The number of ether oxygens (including phenoxy) is 1. The molecule has 108 valence electrons. The fourth-order valence-corrected chi connectivity index (χ4v) is 2.11. The summed E-state index contributed by atoms with van der Waals surface area (Å²) in [5, 5.41) is 6.35. The highest BCUT2D eigenvalue weighted by atomic mass is 16.5. The van der Waals surface area contributed by atoms with Crippen LogP contribution in [0.25, 0.3) is 5.65 Å². The largest absolute Gasteiger partial charge is 0.492 e. The number of nitrogens with zero attached hydrogens (tertiary/aromatic N) is 3. The van der Waals surface area contributed by atoms with Gasteiger partial charge in [0.05, 0.1) is 18.5 Å². The second-order valence-electron chi connectivity index (χ2n) is 4.44. The molecule has 2 aromatic heterocycles. The number of fused-ring (bicyclic) bond motifs is 1. The number of para-hydroxylation sites is 2. The smallest absolute Gasteiger partial charge is 0.180 e. The van der Waals surface area contributed by atoms with Gasteiger partial charge in [-0.15, -0.1) is 0 Å². The van der Waals surface area contributed by atoms with E-state index in [4.69, 9.17) is 4.74 Å². The molecule has 0 amide bonds. The first-order valence-electron chi connectivity index (χ1n) is 6.82. The van der Waals surface area contributed by atoms with Crippen molar-refractivity contribution in [2.45, 2.75) is 6.92 Å². The Morgan fingerprint density at radius 2 is 2.14 bits per heavy atom. The van der Waals surface area contributed by atoms with Crippen molar-refractivity contribution in [3.8, 4) is 5.75 Å². The van der Waals surface area contributed by atoms with Gasteiger partial charge in [-0.1, -0.05) is 12.1 Å². The van der Waals surface area contributed by atoms with E-state index in [2.05, 4.69) is 20.6 Å². The van der Waals surface area contributed by atoms with Gasteiger partial charge in [0, 0.05) is 19.4 Å². The van der Waals surface area contributed by atoms with E-state index in [0.717, 1.165) is 22.9 Å². The van der Waals surface area contributed by atoms with Crippen molar-refractivity contribution >= 4 is 23.0 Å². The highest BCUT2D eigenvalue weighted by Gasteiger charge is 2.10. The third kappa shape index (κ3) is 2.60. The van der Waals surface area contributed by atoms with Crippen molar-refractivity contribution in [3.05, 3.63) is 42.9 Å². The van der Waals surface area contributed by atoms with E-state index in [0.29, 0.717) is 12.4 Å². The summed E-state index contributed by atoms with van der Waals surface area (Å²) in [6, 6.07) is 7.78. The van der Waals surface area contributed by atoms with Gasteiger partial charge in [0.15, 0.2) is 11.5 Å². The van der Waals surface area contributed by atoms with Crippen LogP contribution >= 0.6 is 0 Å². The Labute approximate surface area is 122 Å². The maximum absolute atomic E-state index is 5.63. The van der Waals surface area contributed by atoms with Gasteiger partial charge in [-0.25, -0.2) is 9.97 Å². The SMILES string of the molecule is CCOc1ccccc1Nc1nc(NC)cn2ccnc12. The van der Waals surface area contributed by atoms with Gasteiger partial charge in [0.1, 0.15) is 11.6 Å². The molecule has 3 aromatic rings. The van der Waals surface area contributed by atoms with E-state index >= 15 is 0 Å². The quantitative estimate of drug-likeness (QED) is 0.754. The summed E-state index contributed by atoms with van der Waals surface area (Å²) < 4.78 is 7.55. The van der Waals surface area contributed by atoms with Crippen molar-refractivity contribution in [1.82, 2.24) is 14.4 Å². The van der Waals surface area contributed by atoms with E-state index in [9.17, 15) is 0 Å². The minimum absolute atomic E-state index is 0.613. The van der Waals surface area contributed by atoms with Gasteiger partial charge in [0.2, 0.25) is 0 Å². The zero-order valence-corrected chi connectivity index (χ0v) is 12.0. The maximum Gasteiger partial charge on any atom is 0.180 e. The lowest BCUT2D eigenvalue weighted by molar-refractivity contribution is 0.342. The van der Waals surface area contributed by atoms with Crippen molar-refractivity contribution in [2.24, 2.45) is 0 Å². The number of aromatic nitrogens is 3. The number of benzene rings is 1. The van der Waals surface area contributed by atoms with E-state index in [-0.39, 0.29) is 0 Å². The molecule has 0 aliphatic heterocycles. The average molecular weight is 283 g/mol. The van der Waals surface area contributed by atoms with Crippen molar-refractivity contribution in [1.29, 1.82) is 0 Å². The fourth-order valence-electron chi connectivity index (χ4n) is 2.11. The lowest BCUT2D eigenvalue weighted by Gasteiger charge is -2.13. The van der Waals surface area contributed by atoms with Crippen LogP contribution in [0.3, 0.4) is 0 Å². The molecule has 21 heavy (non-hydrogen) atoms. The Hall–Kier alpha value is -2.76. The lowest BCUT2D eigenvalue weighted by Crippen LogP contribution is -2.03. The Kier molecular flexibility index (Phi) is 3.59. The Morgan fingerprint density at radius 3 is 2.95 bits per heavy atom. The fraction of sp³-hybridized carbons (Fsp3) is 0.200. The molecule has 0 radical (unpaired) electrons. The maximum atomic E-state index is 5.63.